The first-order chi connectivity index (χ1) is 9.52. The highest BCUT2D eigenvalue weighted by atomic mass is 32.1. The number of carbonyl (C=O) groups excluding carboxylic acids is 1. The van der Waals surface area contributed by atoms with Crippen LogP contribution in [-0.4, -0.2) is 13.0 Å². The van der Waals surface area contributed by atoms with Gasteiger partial charge in [-0.05, 0) is 38.1 Å². The maximum atomic E-state index is 12.3. The van der Waals surface area contributed by atoms with Crippen molar-refractivity contribution in [3.63, 3.8) is 0 Å². The summed E-state index contributed by atoms with van der Waals surface area (Å²) in [6.45, 7) is 4.01. The summed E-state index contributed by atoms with van der Waals surface area (Å²) in [6, 6.07) is 9.18. The van der Waals surface area contributed by atoms with E-state index in [0.29, 0.717) is 17.0 Å². The lowest BCUT2D eigenvalue weighted by molar-refractivity contribution is 0.0937. The highest BCUT2D eigenvalue weighted by molar-refractivity contribution is 7.12. The number of hydrogen-bond acceptors (Lipinski definition) is 4. The predicted octanol–water partition coefficient (Wildman–Crippen LogP) is 3.14. The molecule has 1 aromatic heterocycles. The molecule has 2 aromatic rings. The van der Waals surface area contributed by atoms with Crippen molar-refractivity contribution in [2.75, 3.05) is 12.8 Å². The Kier molecular flexibility index (Phi) is 4.29. The van der Waals surface area contributed by atoms with E-state index in [1.165, 1.54) is 12.0 Å². The Hall–Kier alpha value is -2.01. The molecule has 1 aromatic carbocycles. The summed E-state index contributed by atoms with van der Waals surface area (Å²) in [4.78, 5) is 14.7. The standard InChI is InChI=1S/C15H18N2O2S/c1-9-7-8-13(20-9)10(2)17-15(18)11-5-4-6-12(16)14(11)19-3/h4-8,10H,16H2,1-3H3,(H,17,18). The van der Waals surface area contributed by atoms with Crippen LogP contribution < -0.4 is 15.8 Å². The zero-order valence-electron chi connectivity index (χ0n) is 11.8. The molecule has 0 aliphatic heterocycles. The van der Waals surface area contributed by atoms with Crippen molar-refractivity contribution in [1.82, 2.24) is 5.32 Å². The lowest BCUT2D eigenvalue weighted by Gasteiger charge is -2.15. The average Bonchev–Trinajstić information content (AvgIpc) is 2.85. The molecule has 0 aliphatic rings. The van der Waals surface area contributed by atoms with Crippen LogP contribution in [0.3, 0.4) is 0 Å². The molecule has 106 valence electrons. The molecule has 0 bridgehead atoms. The third-order valence-corrected chi connectivity index (χ3v) is 4.21. The molecule has 0 fully saturated rings. The molecule has 0 radical (unpaired) electrons. The second-order valence-electron chi connectivity index (χ2n) is 4.57. The summed E-state index contributed by atoms with van der Waals surface area (Å²) in [5.41, 5.74) is 6.72. The fourth-order valence-electron chi connectivity index (χ4n) is 1.99. The van der Waals surface area contributed by atoms with Crippen LogP contribution in [-0.2, 0) is 0 Å². The minimum Gasteiger partial charge on any atom is -0.494 e. The number of nitrogens with two attached hydrogens (primary N) is 1. The third kappa shape index (κ3) is 2.93. The number of hydrogen-bond donors (Lipinski definition) is 2. The zero-order chi connectivity index (χ0) is 14.7. The van der Waals surface area contributed by atoms with Gasteiger partial charge in [-0.1, -0.05) is 6.07 Å². The number of benzene rings is 1. The van der Waals surface area contributed by atoms with E-state index < -0.39 is 0 Å². The Morgan fingerprint density at radius 3 is 2.70 bits per heavy atom. The van der Waals surface area contributed by atoms with Gasteiger partial charge in [0.05, 0.1) is 24.4 Å². The summed E-state index contributed by atoms with van der Waals surface area (Å²) in [5, 5.41) is 2.96. The van der Waals surface area contributed by atoms with Crippen molar-refractivity contribution < 1.29 is 9.53 Å². The normalized spacial score (nSPS) is 11.9. The van der Waals surface area contributed by atoms with Gasteiger partial charge >= 0.3 is 0 Å². The van der Waals surface area contributed by atoms with Crippen molar-refractivity contribution in [2.45, 2.75) is 19.9 Å². The summed E-state index contributed by atoms with van der Waals surface area (Å²) >= 11 is 1.68. The largest absolute Gasteiger partial charge is 0.494 e. The Morgan fingerprint density at radius 2 is 2.10 bits per heavy atom. The van der Waals surface area contributed by atoms with Crippen molar-refractivity contribution >= 4 is 22.9 Å². The molecule has 0 aliphatic carbocycles. The summed E-state index contributed by atoms with van der Waals surface area (Å²) in [5.74, 6) is 0.229. The quantitative estimate of drug-likeness (QED) is 0.850. The van der Waals surface area contributed by atoms with E-state index in [0.717, 1.165) is 4.88 Å². The number of thiophene rings is 1. The molecule has 0 saturated carbocycles. The minimum atomic E-state index is -0.187. The number of carbonyl (C=O) groups is 1. The molecule has 5 heteroatoms. The molecule has 3 N–H and O–H groups in total. The van der Waals surface area contributed by atoms with E-state index in [1.54, 1.807) is 29.5 Å². The Morgan fingerprint density at radius 1 is 1.35 bits per heavy atom. The molecule has 0 spiro atoms. The molecule has 1 amide bonds. The molecule has 1 atom stereocenters. The average molecular weight is 290 g/mol. The Bertz CT molecular complexity index is 622. The van der Waals surface area contributed by atoms with Crippen LogP contribution in [0, 0.1) is 6.92 Å². The maximum absolute atomic E-state index is 12.3. The SMILES string of the molecule is COc1c(N)cccc1C(=O)NC(C)c1ccc(C)s1. The molecular formula is C15H18N2O2S. The van der Waals surface area contributed by atoms with Crippen molar-refractivity contribution in [3.05, 3.63) is 45.6 Å². The van der Waals surface area contributed by atoms with Crippen LogP contribution >= 0.6 is 11.3 Å². The number of nitrogens with one attached hydrogen (secondary N) is 1. The molecule has 1 unspecified atom stereocenters. The van der Waals surface area contributed by atoms with Gasteiger partial charge in [0.1, 0.15) is 0 Å². The first-order valence-corrected chi connectivity index (χ1v) is 7.14. The van der Waals surface area contributed by atoms with Crippen LogP contribution in [0.5, 0.6) is 5.75 Å². The number of aryl methyl sites for hydroxylation is 1. The van der Waals surface area contributed by atoms with Crippen LogP contribution in [0.15, 0.2) is 30.3 Å². The highest BCUT2D eigenvalue weighted by Crippen LogP contribution is 2.27. The van der Waals surface area contributed by atoms with Gasteiger partial charge < -0.3 is 15.8 Å². The third-order valence-electron chi connectivity index (χ3n) is 3.03. The van der Waals surface area contributed by atoms with Crippen molar-refractivity contribution in [1.29, 1.82) is 0 Å². The number of amides is 1. The van der Waals surface area contributed by atoms with Crippen LogP contribution in [0.25, 0.3) is 0 Å². The van der Waals surface area contributed by atoms with Crippen LogP contribution in [0.4, 0.5) is 5.69 Å². The second-order valence-corrected chi connectivity index (χ2v) is 5.89. The predicted molar refractivity (Wildman–Crippen MR) is 82.3 cm³/mol. The van der Waals surface area contributed by atoms with Gasteiger partial charge in [-0.2, -0.15) is 0 Å². The van der Waals surface area contributed by atoms with Gasteiger partial charge in [0.25, 0.3) is 5.91 Å². The molecule has 2 rings (SSSR count). The van der Waals surface area contributed by atoms with Crippen LogP contribution in [0.2, 0.25) is 0 Å². The monoisotopic (exact) mass is 290 g/mol. The Balaban J connectivity index is 2.18. The number of para-hydroxylation sites is 1. The van der Waals surface area contributed by atoms with E-state index in [-0.39, 0.29) is 11.9 Å². The molecule has 0 saturated heterocycles. The Labute approximate surface area is 122 Å². The van der Waals surface area contributed by atoms with Crippen molar-refractivity contribution in [2.24, 2.45) is 0 Å². The van der Waals surface area contributed by atoms with Gasteiger partial charge in [-0.3, -0.25) is 4.79 Å². The lowest BCUT2D eigenvalue weighted by Crippen LogP contribution is -2.26. The fourth-order valence-corrected chi connectivity index (χ4v) is 2.87. The van der Waals surface area contributed by atoms with E-state index in [4.69, 9.17) is 10.5 Å². The van der Waals surface area contributed by atoms with E-state index in [9.17, 15) is 4.79 Å². The van der Waals surface area contributed by atoms with E-state index >= 15 is 0 Å². The molecule has 1 heterocycles. The van der Waals surface area contributed by atoms with Gasteiger partial charge in [-0.15, -0.1) is 11.3 Å². The maximum Gasteiger partial charge on any atom is 0.255 e. The first-order valence-electron chi connectivity index (χ1n) is 6.32. The molecule has 20 heavy (non-hydrogen) atoms. The number of ether oxygens (including phenoxy) is 1. The number of nitrogen functional groups attached to an aromatic ring is 1. The first kappa shape index (κ1) is 14.4. The summed E-state index contributed by atoms with van der Waals surface area (Å²) in [7, 11) is 1.51. The molecule has 4 nitrogen and oxygen atoms in total. The van der Waals surface area contributed by atoms with E-state index in [2.05, 4.69) is 5.32 Å². The summed E-state index contributed by atoms with van der Waals surface area (Å²) < 4.78 is 5.21. The topological polar surface area (TPSA) is 64.3 Å². The number of rotatable bonds is 4. The van der Waals surface area contributed by atoms with Gasteiger partial charge in [0, 0.05) is 9.75 Å². The van der Waals surface area contributed by atoms with Gasteiger partial charge in [0.2, 0.25) is 0 Å². The second kappa shape index (κ2) is 5.96. The molecular weight excluding hydrogens is 272 g/mol. The zero-order valence-corrected chi connectivity index (χ0v) is 12.6. The van der Waals surface area contributed by atoms with Crippen molar-refractivity contribution in [3.8, 4) is 5.75 Å². The number of methoxy groups -OCH3 is 1. The highest BCUT2D eigenvalue weighted by Gasteiger charge is 2.17. The minimum absolute atomic E-state index is 0.0488. The fraction of sp³-hybridized carbons (Fsp3) is 0.267. The number of anilines is 1. The van der Waals surface area contributed by atoms with Crippen LogP contribution in [0.1, 0.15) is 33.1 Å². The smallest absolute Gasteiger partial charge is 0.255 e. The van der Waals surface area contributed by atoms with Gasteiger partial charge in [0.15, 0.2) is 5.75 Å². The van der Waals surface area contributed by atoms with E-state index in [1.807, 2.05) is 26.0 Å². The summed E-state index contributed by atoms with van der Waals surface area (Å²) in [6.07, 6.45) is 0. The van der Waals surface area contributed by atoms with Gasteiger partial charge in [-0.25, -0.2) is 0 Å². The lowest BCUT2D eigenvalue weighted by atomic mass is 10.1.